The van der Waals surface area contributed by atoms with Gasteiger partial charge in [-0.2, -0.15) is 13.2 Å². The summed E-state index contributed by atoms with van der Waals surface area (Å²) in [5, 5.41) is 4.62. The van der Waals surface area contributed by atoms with Crippen LogP contribution in [-0.4, -0.2) is 43.0 Å². The topological polar surface area (TPSA) is 78.9 Å². The number of aliphatic imine (C=N–C) groups is 1. The zero-order chi connectivity index (χ0) is 25.6. The molecule has 0 saturated carbocycles. The Morgan fingerprint density at radius 2 is 1.74 bits per heavy atom. The highest BCUT2D eigenvalue weighted by atomic mass is 19.4. The minimum absolute atomic E-state index is 0.0199. The highest BCUT2D eigenvalue weighted by molar-refractivity contribution is 6.01. The number of pyridine rings is 1. The molecule has 3 aromatic rings. The second-order valence-electron chi connectivity index (χ2n) is 7.45. The molecule has 184 valence electrons. The third kappa shape index (κ3) is 6.46. The minimum Gasteiger partial charge on any atom is -0.495 e. The van der Waals surface area contributed by atoms with Crippen LogP contribution in [0.1, 0.15) is 16.7 Å². The second kappa shape index (κ2) is 10.9. The number of amides is 2. The number of alkyl halides is 3. The summed E-state index contributed by atoms with van der Waals surface area (Å²) < 4.78 is 58.6. The van der Waals surface area contributed by atoms with Gasteiger partial charge in [0.15, 0.2) is 0 Å². The van der Waals surface area contributed by atoms with Crippen molar-refractivity contribution in [1.82, 2.24) is 9.88 Å². The number of anilines is 2. The van der Waals surface area contributed by atoms with Crippen molar-refractivity contribution in [2.24, 2.45) is 4.99 Å². The predicted molar refractivity (Wildman–Crippen MR) is 125 cm³/mol. The Kier molecular flexibility index (Phi) is 7.90. The molecule has 1 heterocycles. The van der Waals surface area contributed by atoms with Crippen molar-refractivity contribution < 1.29 is 27.1 Å². The Hall–Kier alpha value is -4.15. The van der Waals surface area contributed by atoms with E-state index in [4.69, 9.17) is 4.74 Å². The Bertz CT molecular complexity index is 1220. The standard InChI is InChI=1S/C24H23F4N5O2/c1-29-22(16-8-10-30-11-9-16)33(2)14-15-4-6-18(25)19(12-15)31-23(34)32-20-13-17(24(26,27)28)5-7-21(20)35-3/h4-13H,14H2,1-3H3,(H2,31,32,34). The number of amidine groups is 1. The minimum atomic E-state index is -4.61. The maximum Gasteiger partial charge on any atom is 0.416 e. The van der Waals surface area contributed by atoms with Crippen molar-refractivity contribution in [2.45, 2.75) is 12.7 Å². The SMILES string of the molecule is CN=C(c1ccncc1)N(C)Cc1ccc(F)c(NC(=O)Nc2cc(C(F)(F)F)ccc2OC)c1. The molecule has 0 fully saturated rings. The van der Waals surface area contributed by atoms with E-state index in [0.29, 0.717) is 17.9 Å². The Morgan fingerprint density at radius 1 is 1.06 bits per heavy atom. The van der Waals surface area contributed by atoms with E-state index in [1.165, 1.54) is 19.2 Å². The number of nitrogens with one attached hydrogen (secondary N) is 2. The van der Waals surface area contributed by atoms with Crippen LogP contribution < -0.4 is 15.4 Å². The van der Waals surface area contributed by atoms with Gasteiger partial charge in [0.25, 0.3) is 0 Å². The zero-order valence-electron chi connectivity index (χ0n) is 19.2. The van der Waals surface area contributed by atoms with Gasteiger partial charge in [-0.1, -0.05) is 6.07 Å². The van der Waals surface area contributed by atoms with E-state index >= 15 is 0 Å². The van der Waals surface area contributed by atoms with Crippen LogP contribution in [0.5, 0.6) is 5.75 Å². The van der Waals surface area contributed by atoms with Gasteiger partial charge in [0.1, 0.15) is 17.4 Å². The van der Waals surface area contributed by atoms with Gasteiger partial charge in [0, 0.05) is 38.6 Å². The van der Waals surface area contributed by atoms with Crippen LogP contribution in [-0.2, 0) is 12.7 Å². The normalized spacial score (nSPS) is 11.7. The van der Waals surface area contributed by atoms with E-state index in [9.17, 15) is 22.4 Å². The molecule has 2 amide bonds. The lowest BCUT2D eigenvalue weighted by molar-refractivity contribution is -0.137. The first kappa shape index (κ1) is 25.5. The second-order valence-corrected chi connectivity index (χ2v) is 7.45. The number of methoxy groups -OCH3 is 1. The van der Waals surface area contributed by atoms with Crippen molar-refractivity contribution >= 4 is 23.2 Å². The van der Waals surface area contributed by atoms with Gasteiger partial charge >= 0.3 is 12.2 Å². The van der Waals surface area contributed by atoms with Gasteiger partial charge in [0.2, 0.25) is 0 Å². The quantitative estimate of drug-likeness (QED) is 0.276. The van der Waals surface area contributed by atoms with Gasteiger partial charge in [-0.25, -0.2) is 9.18 Å². The van der Waals surface area contributed by atoms with Crippen LogP contribution in [0.2, 0.25) is 0 Å². The first-order valence-corrected chi connectivity index (χ1v) is 10.3. The Labute approximate surface area is 199 Å². The number of benzene rings is 2. The highest BCUT2D eigenvalue weighted by Gasteiger charge is 2.31. The Morgan fingerprint density at radius 3 is 2.37 bits per heavy atom. The summed E-state index contributed by atoms with van der Waals surface area (Å²) in [7, 11) is 4.72. The fraction of sp³-hybridized carbons (Fsp3) is 0.208. The fourth-order valence-corrected chi connectivity index (χ4v) is 3.39. The monoisotopic (exact) mass is 489 g/mol. The van der Waals surface area contributed by atoms with Crippen LogP contribution in [0.25, 0.3) is 0 Å². The van der Waals surface area contributed by atoms with Gasteiger partial charge in [-0.15, -0.1) is 0 Å². The van der Waals surface area contributed by atoms with Crippen LogP contribution >= 0.6 is 0 Å². The first-order valence-electron chi connectivity index (χ1n) is 10.3. The lowest BCUT2D eigenvalue weighted by Gasteiger charge is -2.22. The van der Waals surface area contributed by atoms with Crippen LogP contribution in [0, 0.1) is 5.82 Å². The maximum absolute atomic E-state index is 14.4. The number of hydrogen-bond acceptors (Lipinski definition) is 4. The molecule has 0 aliphatic rings. The smallest absolute Gasteiger partial charge is 0.416 e. The molecule has 0 unspecified atom stereocenters. The number of ether oxygens (including phenoxy) is 1. The summed E-state index contributed by atoms with van der Waals surface area (Å²) >= 11 is 0. The number of urea groups is 1. The van der Waals surface area contributed by atoms with E-state index < -0.39 is 23.6 Å². The molecule has 35 heavy (non-hydrogen) atoms. The average Bonchev–Trinajstić information content (AvgIpc) is 2.81. The van der Waals surface area contributed by atoms with Crippen molar-refractivity contribution in [2.75, 3.05) is 31.8 Å². The van der Waals surface area contributed by atoms with Crippen molar-refractivity contribution in [3.63, 3.8) is 0 Å². The molecule has 2 aromatic carbocycles. The summed E-state index contributed by atoms with van der Waals surface area (Å²) in [5.41, 5.74) is 0.193. The van der Waals surface area contributed by atoms with Crippen molar-refractivity contribution in [3.8, 4) is 5.75 Å². The fourth-order valence-electron chi connectivity index (χ4n) is 3.39. The molecule has 0 aliphatic heterocycles. The average molecular weight is 489 g/mol. The first-order chi connectivity index (χ1) is 16.6. The molecule has 0 bridgehead atoms. The lowest BCUT2D eigenvalue weighted by Crippen LogP contribution is -2.27. The zero-order valence-corrected chi connectivity index (χ0v) is 19.2. The molecule has 2 N–H and O–H groups in total. The summed E-state index contributed by atoms with van der Waals surface area (Å²) in [6, 6.07) is 9.54. The number of nitrogens with zero attached hydrogens (tertiary/aromatic N) is 3. The Balaban J connectivity index is 1.76. The molecule has 3 rings (SSSR count). The molecular formula is C24H23F4N5O2. The van der Waals surface area contributed by atoms with Crippen molar-refractivity contribution in [1.29, 1.82) is 0 Å². The van der Waals surface area contributed by atoms with Gasteiger partial charge in [-0.05, 0) is 48.0 Å². The maximum atomic E-state index is 14.4. The summed E-state index contributed by atoms with van der Waals surface area (Å²) in [6.45, 7) is 0.340. The van der Waals surface area contributed by atoms with Crippen LogP contribution in [0.3, 0.4) is 0 Å². The number of carbonyl (C=O) groups is 1. The van der Waals surface area contributed by atoms with Crippen molar-refractivity contribution in [3.05, 3.63) is 83.4 Å². The number of aromatic nitrogens is 1. The molecular weight excluding hydrogens is 466 g/mol. The van der Waals surface area contributed by atoms with Gasteiger partial charge < -0.3 is 20.3 Å². The molecule has 1 aromatic heterocycles. The summed E-state index contributed by atoms with van der Waals surface area (Å²) in [5.74, 6) is -0.00631. The third-order valence-electron chi connectivity index (χ3n) is 4.99. The molecule has 0 aliphatic carbocycles. The number of hydrogen-bond donors (Lipinski definition) is 2. The van der Waals surface area contributed by atoms with E-state index in [1.54, 1.807) is 25.5 Å². The molecule has 0 spiro atoms. The van der Waals surface area contributed by atoms with E-state index in [-0.39, 0.29) is 17.1 Å². The van der Waals surface area contributed by atoms with E-state index in [1.807, 2.05) is 24.1 Å². The number of halogens is 4. The van der Waals surface area contributed by atoms with Gasteiger partial charge in [-0.3, -0.25) is 9.98 Å². The molecule has 11 heteroatoms. The van der Waals surface area contributed by atoms with Gasteiger partial charge in [0.05, 0.1) is 24.0 Å². The molecule has 7 nitrogen and oxygen atoms in total. The third-order valence-corrected chi connectivity index (χ3v) is 4.99. The highest BCUT2D eigenvalue weighted by Crippen LogP contribution is 2.35. The number of rotatable bonds is 6. The molecule has 0 radical (unpaired) electrons. The largest absolute Gasteiger partial charge is 0.495 e. The van der Waals surface area contributed by atoms with Crippen LogP contribution in [0.4, 0.5) is 33.7 Å². The van der Waals surface area contributed by atoms with Crippen LogP contribution in [0.15, 0.2) is 65.9 Å². The summed E-state index contributed by atoms with van der Waals surface area (Å²) in [6.07, 6.45) is -1.32. The summed E-state index contributed by atoms with van der Waals surface area (Å²) in [4.78, 5) is 22.6. The predicted octanol–water partition coefficient (Wildman–Crippen LogP) is 5.40. The number of carbonyl (C=O) groups excluding carboxylic acids is 1. The molecule has 0 atom stereocenters. The molecule has 0 saturated heterocycles. The lowest BCUT2D eigenvalue weighted by atomic mass is 10.1. The van der Waals surface area contributed by atoms with E-state index in [0.717, 1.165) is 23.8 Å². The van der Waals surface area contributed by atoms with E-state index in [2.05, 4.69) is 20.6 Å².